The van der Waals surface area contributed by atoms with E-state index >= 15 is 0 Å². The van der Waals surface area contributed by atoms with Crippen LogP contribution < -0.4 is 11.1 Å². The van der Waals surface area contributed by atoms with Crippen LogP contribution in [0.15, 0.2) is 12.3 Å². The van der Waals surface area contributed by atoms with Crippen molar-refractivity contribution >= 4 is 5.91 Å². The predicted molar refractivity (Wildman–Crippen MR) is 76.6 cm³/mol. The van der Waals surface area contributed by atoms with Gasteiger partial charge in [0.15, 0.2) is 0 Å². The number of hydrogen-bond acceptors (Lipinski definition) is 3. The van der Waals surface area contributed by atoms with E-state index in [2.05, 4.69) is 41.2 Å². The van der Waals surface area contributed by atoms with Gasteiger partial charge in [0, 0.05) is 19.2 Å². The van der Waals surface area contributed by atoms with Gasteiger partial charge in [-0.25, -0.2) is 0 Å². The van der Waals surface area contributed by atoms with Crippen LogP contribution in [-0.4, -0.2) is 22.2 Å². The van der Waals surface area contributed by atoms with Gasteiger partial charge in [0.2, 0.25) is 5.91 Å². The van der Waals surface area contributed by atoms with E-state index in [9.17, 15) is 4.79 Å². The molecule has 1 amide bonds. The van der Waals surface area contributed by atoms with Gasteiger partial charge in [0.1, 0.15) is 0 Å². The van der Waals surface area contributed by atoms with Crippen LogP contribution in [0.5, 0.6) is 0 Å². The van der Waals surface area contributed by atoms with Crippen LogP contribution in [0, 0.1) is 0 Å². The van der Waals surface area contributed by atoms with Crippen molar-refractivity contribution in [2.75, 3.05) is 6.54 Å². The van der Waals surface area contributed by atoms with Crippen LogP contribution in [0.2, 0.25) is 0 Å². The molecular formula is C14H26N4O. The van der Waals surface area contributed by atoms with Crippen LogP contribution in [0.1, 0.15) is 57.7 Å². The molecule has 0 saturated carbocycles. The van der Waals surface area contributed by atoms with Gasteiger partial charge < -0.3 is 11.1 Å². The number of unbranched alkanes of at least 4 members (excludes halogenated alkanes) is 1. The van der Waals surface area contributed by atoms with E-state index in [-0.39, 0.29) is 5.91 Å². The summed E-state index contributed by atoms with van der Waals surface area (Å²) in [5, 5.41) is 7.91. The summed E-state index contributed by atoms with van der Waals surface area (Å²) in [6.07, 6.45) is 6.57. The molecule has 108 valence electrons. The highest BCUT2D eigenvalue weighted by molar-refractivity contribution is 5.73. The molecule has 0 aromatic carbocycles. The van der Waals surface area contributed by atoms with E-state index < -0.39 is 0 Å². The topological polar surface area (TPSA) is 72.9 Å². The van der Waals surface area contributed by atoms with Crippen LogP contribution in [0.25, 0.3) is 0 Å². The summed E-state index contributed by atoms with van der Waals surface area (Å²) in [4.78, 5) is 10.6. The van der Waals surface area contributed by atoms with Crippen LogP contribution in [-0.2, 0) is 11.3 Å². The molecule has 0 atom stereocenters. The first-order valence-corrected chi connectivity index (χ1v) is 7.20. The fourth-order valence-electron chi connectivity index (χ4n) is 2.10. The molecule has 3 N–H and O–H groups in total. The largest absolute Gasteiger partial charge is 0.370 e. The molecule has 0 fully saturated rings. The average molecular weight is 266 g/mol. The third-order valence-electron chi connectivity index (χ3n) is 3.31. The van der Waals surface area contributed by atoms with Crippen LogP contribution >= 0.6 is 0 Å². The van der Waals surface area contributed by atoms with Crippen LogP contribution in [0.4, 0.5) is 0 Å². The predicted octanol–water partition coefficient (Wildman–Crippen LogP) is 1.99. The lowest BCUT2D eigenvalue weighted by Crippen LogP contribution is -2.17. The smallest absolute Gasteiger partial charge is 0.217 e. The minimum Gasteiger partial charge on any atom is -0.370 e. The van der Waals surface area contributed by atoms with Crippen molar-refractivity contribution in [1.82, 2.24) is 15.1 Å². The summed E-state index contributed by atoms with van der Waals surface area (Å²) in [5.41, 5.74) is 6.15. The Hall–Kier alpha value is -1.36. The summed E-state index contributed by atoms with van der Waals surface area (Å²) < 4.78 is 2.06. The molecule has 1 aromatic rings. The first-order chi connectivity index (χ1) is 9.17. The second-order valence-corrected chi connectivity index (χ2v) is 4.86. The highest BCUT2D eigenvalue weighted by Crippen LogP contribution is 2.14. The summed E-state index contributed by atoms with van der Waals surface area (Å²) in [6.45, 7) is 6.05. The zero-order valence-corrected chi connectivity index (χ0v) is 12.1. The minimum atomic E-state index is -0.219. The first-order valence-electron chi connectivity index (χ1n) is 7.20. The number of hydrogen-bond donors (Lipinski definition) is 2. The van der Waals surface area contributed by atoms with Gasteiger partial charge in [0.25, 0.3) is 0 Å². The van der Waals surface area contributed by atoms with E-state index in [4.69, 9.17) is 5.73 Å². The number of nitrogens with two attached hydrogens (primary N) is 1. The summed E-state index contributed by atoms with van der Waals surface area (Å²) in [6, 6.07) is 2.57. The fraction of sp³-hybridized carbons (Fsp3) is 0.714. The number of nitrogens with zero attached hydrogens (tertiary/aromatic N) is 2. The Balaban J connectivity index is 2.21. The molecule has 0 aliphatic rings. The Morgan fingerprint density at radius 3 is 2.79 bits per heavy atom. The van der Waals surface area contributed by atoms with Crippen molar-refractivity contribution < 1.29 is 4.79 Å². The van der Waals surface area contributed by atoms with Gasteiger partial charge in [-0.1, -0.05) is 13.8 Å². The van der Waals surface area contributed by atoms with Crippen LogP contribution in [0.3, 0.4) is 0 Å². The highest BCUT2D eigenvalue weighted by atomic mass is 16.1. The Kier molecular flexibility index (Phi) is 7.18. The van der Waals surface area contributed by atoms with Gasteiger partial charge >= 0.3 is 0 Å². The Labute approximate surface area is 115 Å². The number of rotatable bonds is 10. The average Bonchev–Trinajstić information content (AvgIpc) is 2.83. The first kappa shape index (κ1) is 15.7. The van der Waals surface area contributed by atoms with Crippen molar-refractivity contribution in [3.05, 3.63) is 18.0 Å². The monoisotopic (exact) mass is 266 g/mol. The third-order valence-corrected chi connectivity index (χ3v) is 3.31. The standard InChI is InChI=1S/C14H26N4O/c1-3-13(4-2)18-10-8-12(17-18)11-16-9-6-5-7-14(15)19/h8,10,13,16H,3-7,9,11H2,1-2H3,(H2,15,19). The molecule has 0 spiro atoms. The second kappa shape index (κ2) is 8.69. The van der Waals surface area contributed by atoms with E-state index in [1.807, 2.05) is 0 Å². The molecule has 0 aliphatic carbocycles. The van der Waals surface area contributed by atoms with Gasteiger partial charge in [-0.3, -0.25) is 9.48 Å². The van der Waals surface area contributed by atoms with Crippen molar-refractivity contribution in [3.63, 3.8) is 0 Å². The highest BCUT2D eigenvalue weighted by Gasteiger charge is 2.07. The third kappa shape index (κ3) is 5.87. The molecule has 1 rings (SSSR count). The lowest BCUT2D eigenvalue weighted by Gasteiger charge is -2.12. The van der Waals surface area contributed by atoms with Gasteiger partial charge in [-0.2, -0.15) is 5.10 Å². The van der Waals surface area contributed by atoms with Crippen molar-refractivity contribution in [3.8, 4) is 0 Å². The Morgan fingerprint density at radius 2 is 2.16 bits per heavy atom. The quantitative estimate of drug-likeness (QED) is 0.636. The molecule has 5 heteroatoms. The second-order valence-electron chi connectivity index (χ2n) is 4.86. The van der Waals surface area contributed by atoms with Gasteiger partial charge in [-0.15, -0.1) is 0 Å². The zero-order chi connectivity index (χ0) is 14.1. The summed E-state index contributed by atoms with van der Waals surface area (Å²) in [7, 11) is 0. The van der Waals surface area contributed by atoms with E-state index in [1.54, 1.807) is 0 Å². The summed E-state index contributed by atoms with van der Waals surface area (Å²) in [5.74, 6) is -0.219. The van der Waals surface area contributed by atoms with Gasteiger partial charge in [-0.05, 0) is 38.3 Å². The SMILES string of the molecule is CCC(CC)n1ccc(CNCCCCC(N)=O)n1. The fourth-order valence-corrected chi connectivity index (χ4v) is 2.10. The number of amides is 1. The van der Waals surface area contributed by atoms with Crippen molar-refractivity contribution in [2.45, 2.75) is 58.5 Å². The Morgan fingerprint density at radius 1 is 1.42 bits per heavy atom. The number of carbonyl (C=O) groups is 1. The molecule has 0 unspecified atom stereocenters. The Bertz CT molecular complexity index is 371. The minimum absolute atomic E-state index is 0.219. The molecule has 0 aliphatic heterocycles. The van der Waals surface area contributed by atoms with Crippen molar-refractivity contribution in [2.24, 2.45) is 5.73 Å². The lowest BCUT2D eigenvalue weighted by atomic mass is 10.2. The number of primary amides is 1. The lowest BCUT2D eigenvalue weighted by molar-refractivity contribution is -0.118. The molecule has 1 heterocycles. The maximum atomic E-state index is 10.6. The zero-order valence-electron chi connectivity index (χ0n) is 12.1. The van der Waals surface area contributed by atoms with E-state index in [0.717, 1.165) is 44.5 Å². The van der Waals surface area contributed by atoms with E-state index in [0.29, 0.717) is 12.5 Å². The summed E-state index contributed by atoms with van der Waals surface area (Å²) >= 11 is 0. The van der Waals surface area contributed by atoms with Crippen molar-refractivity contribution in [1.29, 1.82) is 0 Å². The maximum Gasteiger partial charge on any atom is 0.217 e. The number of carbonyl (C=O) groups excluding carboxylic acids is 1. The molecule has 0 bridgehead atoms. The molecule has 5 nitrogen and oxygen atoms in total. The molecule has 0 radical (unpaired) electrons. The maximum absolute atomic E-state index is 10.6. The normalized spacial score (nSPS) is 11.1. The number of nitrogens with one attached hydrogen (secondary N) is 1. The van der Waals surface area contributed by atoms with Gasteiger partial charge in [0.05, 0.1) is 11.7 Å². The number of aromatic nitrogens is 2. The molecule has 0 saturated heterocycles. The van der Waals surface area contributed by atoms with E-state index in [1.165, 1.54) is 0 Å². The molecule has 1 aromatic heterocycles. The molecular weight excluding hydrogens is 240 g/mol. The molecule has 19 heavy (non-hydrogen) atoms.